The van der Waals surface area contributed by atoms with Crippen LogP contribution in [0.4, 0.5) is 0 Å². The number of aryl methyl sites for hydroxylation is 3. The third kappa shape index (κ3) is 4.51. The fourth-order valence-corrected chi connectivity index (χ4v) is 3.72. The molecule has 3 aromatic rings. The lowest BCUT2D eigenvalue weighted by atomic mass is 10.1. The third-order valence-corrected chi connectivity index (χ3v) is 5.23. The van der Waals surface area contributed by atoms with Crippen LogP contribution in [-0.2, 0) is 19.4 Å². The van der Waals surface area contributed by atoms with Gasteiger partial charge in [-0.15, -0.1) is 11.3 Å². The number of carbonyl (C=O) groups excluding carboxylic acids is 1. The normalized spacial score (nSPS) is 10.6. The van der Waals surface area contributed by atoms with Gasteiger partial charge < -0.3 is 4.90 Å². The number of aromatic nitrogens is 2. The van der Waals surface area contributed by atoms with Gasteiger partial charge in [-0.25, -0.2) is 4.98 Å². The number of amides is 1. The molecule has 4 nitrogen and oxygen atoms in total. The van der Waals surface area contributed by atoms with Crippen LogP contribution in [0.1, 0.15) is 31.5 Å². The van der Waals surface area contributed by atoms with E-state index in [-0.39, 0.29) is 5.91 Å². The first-order valence-electron chi connectivity index (χ1n) is 8.28. The molecule has 2 heterocycles. The van der Waals surface area contributed by atoms with Crippen molar-refractivity contribution in [1.29, 1.82) is 0 Å². The Morgan fingerprint density at radius 2 is 1.76 bits per heavy atom. The van der Waals surface area contributed by atoms with Gasteiger partial charge in [0.1, 0.15) is 4.88 Å². The van der Waals surface area contributed by atoms with E-state index < -0.39 is 0 Å². The Morgan fingerprint density at radius 3 is 2.48 bits per heavy atom. The highest BCUT2D eigenvalue weighted by molar-refractivity contribution is 7.13. The lowest BCUT2D eigenvalue weighted by Gasteiger charge is -2.16. The third-order valence-electron chi connectivity index (χ3n) is 4.02. The highest BCUT2D eigenvalue weighted by atomic mass is 32.1. The van der Waals surface area contributed by atoms with Crippen molar-refractivity contribution in [3.8, 4) is 0 Å². The van der Waals surface area contributed by atoms with E-state index in [1.54, 1.807) is 17.3 Å². The summed E-state index contributed by atoms with van der Waals surface area (Å²) in [5, 5.41) is 1.01. The van der Waals surface area contributed by atoms with Gasteiger partial charge in [0.25, 0.3) is 5.91 Å². The average molecular weight is 351 g/mol. The lowest BCUT2D eigenvalue weighted by Crippen LogP contribution is -2.26. The Balaban J connectivity index is 1.65. The maximum atomic E-state index is 12.7. The predicted molar refractivity (Wildman–Crippen MR) is 101 cm³/mol. The first kappa shape index (κ1) is 17.3. The molecule has 0 saturated carbocycles. The molecule has 0 atom stereocenters. The van der Waals surface area contributed by atoms with Gasteiger partial charge in [-0.05, 0) is 36.6 Å². The molecule has 1 aromatic carbocycles. The molecule has 1 amide bonds. The van der Waals surface area contributed by atoms with Gasteiger partial charge in [-0.3, -0.25) is 9.78 Å². The molecule has 2 aromatic heterocycles. The van der Waals surface area contributed by atoms with Crippen molar-refractivity contribution < 1.29 is 4.79 Å². The molecule has 0 aliphatic heterocycles. The van der Waals surface area contributed by atoms with Crippen molar-refractivity contribution in [2.75, 3.05) is 7.05 Å². The molecule has 0 saturated heterocycles. The molecule has 3 rings (SSSR count). The molecule has 0 spiro atoms. The van der Waals surface area contributed by atoms with E-state index in [0.717, 1.165) is 34.0 Å². The quantitative estimate of drug-likeness (QED) is 0.676. The summed E-state index contributed by atoms with van der Waals surface area (Å²) in [5.41, 5.74) is 3.18. The van der Waals surface area contributed by atoms with Crippen LogP contribution >= 0.6 is 11.3 Å². The largest absolute Gasteiger partial charge is 0.337 e. The van der Waals surface area contributed by atoms with Crippen LogP contribution in [0.15, 0.2) is 54.9 Å². The Kier molecular flexibility index (Phi) is 5.56. The Hall–Kier alpha value is -2.53. The summed E-state index contributed by atoms with van der Waals surface area (Å²) in [7, 11) is 1.84. The van der Waals surface area contributed by atoms with Gasteiger partial charge in [0.05, 0.1) is 10.7 Å². The van der Waals surface area contributed by atoms with E-state index in [1.807, 2.05) is 56.4 Å². The number of rotatable bonds is 6. The van der Waals surface area contributed by atoms with Crippen LogP contribution in [-0.4, -0.2) is 27.8 Å². The fraction of sp³-hybridized carbons (Fsp3) is 0.250. The number of pyridine rings is 1. The molecule has 5 heteroatoms. The molecular formula is C20H21N3OS. The molecule has 128 valence electrons. The summed E-state index contributed by atoms with van der Waals surface area (Å²) < 4.78 is 0. The maximum Gasteiger partial charge on any atom is 0.265 e. The smallest absolute Gasteiger partial charge is 0.265 e. The zero-order valence-electron chi connectivity index (χ0n) is 14.5. The van der Waals surface area contributed by atoms with E-state index in [2.05, 4.69) is 9.97 Å². The van der Waals surface area contributed by atoms with Crippen LogP contribution in [0.5, 0.6) is 0 Å². The topological polar surface area (TPSA) is 46.1 Å². The monoisotopic (exact) mass is 351 g/mol. The molecular weight excluding hydrogens is 330 g/mol. The zero-order valence-corrected chi connectivity index (χ0v) is 15.3. The Morgan fingerprint density at radius 1 is 1.04 bits per heavy atom. The number of hydrogen-bond donors (Lipinski definition) is 0. The van der Waals surface area contributed by atoms with E-state index in [0.29, 0.717) is 6.54 Å². The fourth-order valence-electron chi connectivity index (χ4n) is 2.66. The SMILES string of the molecule is Cc1nc(CCc2ccncc2)sc1C(=O)N(C)Cc1ccccc1. The number of nitrogens with zero attached hydrogens (tertiary/aromatic N) is 3. The highest BCUT2D eigenvalue weighted by Gasteiger charge is 2.19. The number of hydrogen-bond acceptors (Lipinski definition) is 4. The second-order valence-corrected chi connectivity index (χ2v) is 7.11. The number of benzene rings is 1. The van der Waals surface area contributed by atoms with Crippen LogP contribution in [0.3, 0.4) is 0 Å². The van der Waals surface area contributed by atoms with Crippen molar-refractivity contribution in [3.63, 3.8) is 0 Å². The van der Waals surface area contributed by atoms with Crippen LogP contribution in [0.25, 0.3) is 0 Å². The summed E-state index contributed by atoms with van der Waals surface area (Å²) in [6.07, 6.45) is 5.35. The molecule has 0 fully saturated rings. The van der Waals surface area contributed by atoms with Crippen LogP contribution < -0.4 is 0 Å². The van der Waals surface area contributed by atoms with Crippen molar-refractivity contribution >= 4 is 17.2 Å². The van der Waals surface area contributed by atoms with Gasteiger partial charge >= 0.3 is 0 Å². The first-order valence-corrected chi connectivity index (χ1v) is 9.09. The van der Waals surface area contributed by atoms with Crippen molar-refractivity contribution in [2.24, 2.45) is 0 Å². The Bertz CT molecular complexity index is 831. The maximum absolute atomic E-state index is 12.7. The minimum absolute atomic E-state index is 0.0361. The van der Waals surface area contributed by atoms with Crippen LogP contribution in [0.2, 0.25) is 0 Å². The second-order valence-electron chi connectivity index (χ2n) is 6.02. The summed E-state index contributed by atoms with van der Waals surface area (Å²) in [6.45, 7) is 2.51. The second kappa shape index (κ2) is 8.03. The number of carbonyl (C=O) groups is 1. The van der Waals surface area contributed by atoms with Crippen molar-refractivity contribution in [3.05, 3.63) is 81.6 Å². The first-order chi connectivity index (χ1) is 12.1. The highest BCUT2D eigenvalue weighted by Crippen LogP contribution is 2.22. The summed E-state index contributed by atoms with van der Waals surface area (Å²) in [5.74, 6) is 0.0361. The van der Waals surface area contributed by atoms with Gasteiger partial charge in [0.15, 0.2) is 0 Å². The van der Waals surface area contributed by atoms with Gasteiger partial charge in [-0.1, -0.05) is 30.3 Å². The van der Waals surface area contributed by atoms with Gasteiger partial charge in [0, 0.05) is 32.4 Å². The minimum Gasteiger partial charge on any atom is -0.337 e. The number of thiazole rings is 1. The van der Waals surface area contributed by atoms with E-state index in [4.69, 9.17) is 0 Å². The van der Waals surface area contributed by atoms with Gasteiger partial charge in [0.2, 0.25) is 0 Å². The summed E-state index contributed by atoms with van der Waals surface area (Å²) in [4.78, 5) is 23.9. The molecule has 0 aliphatic rings. The van der Waals surface area contributed by atoms with Gasteiger partial charge in [-0.2, -0.15) is 0 Å². The zero-order chi connectivity index (χ0) is 17.6. The average Bonchev–Trinajstić information content (AvgIpc) is 3.01. The Labute approximate surface area is 152 Å². The molecule has 25 heavy (non-hydrogen) atoms. The lowest BCUT2D eigenvalue weighted by molar-refractivity contribution is 0.0789. The molecule has 0 aliphatic carbocycles. The summed E-state index contributed by atoms with van der Waals surface area (Å²) >= 11 is 1.51. The summed E-state index contributed by atoms with van der Waals surface area (Å²) in [6, 6.07) is 14.0. The molecule has 0 radical (unpaired) electrons. The van der Waals surface area contributed by atoms with Crippen molar-refractivity contribution in [2.45, 2.75) is 26.3 Å². The predicted octanol–water partition coefficient (Wildman–Crippen LogP) is 3.90. The van der Waals surface area contributed by atoms with Crippen molar-refractivity contribution in [1.82, 2.24) is 14.9 Å². The standard InChI is InChI=1S/C20H21N3OS/c1-15-19(20(24)23(2)14-17-6-4-3-5-7-17)25-18(22-15)9-8-16-10-12-21-13-11-16/h3-7,10-13H,8-9,14H2,1-2H3. The molecule has 0 N–H and O–H groups in total. The van der Waals surface area contributed by atoms with E-state index in [1.165, 1.54) is 16.9 Å². The minimum atomic E-state index is 0.0361. The van der Waals surface area contributed by atoms with E-state index >= 15 is 0 Å². The molecule has 0 unspecified atom stereocenters. The molecule has 0 bridgehead atoms. The van der Waals surface area contributed by atoms with Crippen LogP contribution in [0, 0.1) is 6.92 Å². The van der Waals surface area contributed by atoms with E-state index in [9.17, 15) is 4.79 Å².